The Morgan fingerprint density at radius 3 is 2.58 bits per heavy atom. The van der Waals surface area contributed by atoms with Gasteiger partial charge in [0.05, 0.1) is 13.2 Å². The predicted octanol–water partition coefficient (Wildman–Crippen LogP) is 3.47. The van der Waals surface area contributed by atoms with Crippen molar-refractivity contribution < 1.29 is 14.6 Å². The van der Waals surface area contributed by atoms with Crippen LogP contribution in [0.1, 0.15) is 23.6 Å². The van der Waals surface area contributed by atoms with Gasteiger partial charge in [-0.05, 0) is 36.1 Å². The summed E-state index contributed by atoms with van der Waals surface area (Å²) in [4.78, 5) is 11.4. The van der Waals surface area contributed by atoms with Crippen LogP contribution in [0.2, 0.25) is 0 Å². The first kappa shape index (κ1) is 18.0. The highest BCUT2D eigenvalue weighted by Crippen LogP contribution is 2.23. The first-order valence-corrected chi connectivity index (χ1v) is 8.87. The number of aliphatic hydroxyl groups is 1. The monoisotopic (exact) mass is 352 g/mol. The Balaban J connectivity index is 1.76. The molecule has 3 rings (SSSR count). The highest BCUT2D eigenvalue weighted by atomic mass is 16.5. The zero-order chi connectivity index (χ0) is 18.4. The molecule has 0 aliphatic carbocycles. The van der Waals surface area contributed by atoms with Crippen molar-refractivity contribution in [3.8, 4) is 0 Å². The Morgan fingerprint density at radius 1 is 1.12 bits per heavy atom. The van der Waals surface area contributed by atoms with Crippen LogP contribution in [0.15, 0.2) is 54.7 Å². The Hall–Kier alpha value is -2.79. The van der Waals surface area contributed by atoms with Gasteiger partial charge in [-0.25, -0.2) is 4.79 Å². The number of carbonyl (C=O) groups excluding carboxylic acids is 1. The molecule has 0 radical (unpaired) electrons. The van der Waals surface area contributed by atoms with E-state index in [1.54, 1.807) is 6.92 Å². The van der Waals surface area contributed by atoms with E-state index in [9.17, 15) is 9.90 Å². The molecule has 0 aliphatic heterocycles. The largest absolute Gasteiger partial charge is 0.450 e. The topological polar surface area (TPSA) is 63.5 Å². The number of amides is 1. The van der Waals surface area contributed by atoms with Gasteiger partial charge in [-0.15, -0.1) is 0 Å². The van der Waals surface area contributed by atoms with Gasteiger partial charge in [-0.1, -0.05) is 42.5 Å². The molecule has 0 bridgehead atoms. The Kier molecular flexibility index (Phi) is 5.92. The summed E-state index contributed by atoms with van der Waals surface area (Å²) < 4.78 is 7.12. The van der Waals surface area contributed by atoms with Gasteiger partial charge in [0.25, 0.3) is 0 Å². The van der Waals surface area contributed by atoms with Gasteiger partial charge < -0.3 is 19.7 Å². The Bertz CT molecular complexity index is 869. The standard InChI is InChI=1S/C21H24N2O3/c1-2-26-21(25)22-12-11-18-14-23(20-6-4-3-5-19(18)20)13-16-7-9-17(15-24)10-8-16/h3-10,14,24H,2,11-13,15H2,1H3,(H,22,25). The predicted molar refractivity (Wildman–Crippen MR) is 102 cm³/mol. The van der Waals surface area contributed by atoms with Gasteiger partial charge >= 0.3 is 6.09 Å². The van der Waals surface area contributed by atoms with Crippen LogP contribution in [-0.2, 0) is 24.3 Å². The molecular weight excluding hydrogens is 328 g/mol. The Morgan fingerprint density at radius 2 is 1.85 bits per heavy atom. The number of para-hydroxylation sites is 1. The van der Waals surface area contributed by atoms with Gasteiger partial charge in [-0.2, -0.15) is 0 Å². The van der Waals surface area contributed by atoms with Crippen LogP contribution in [0.5, 0.6) is 0 Å². The highest BCUT2D eigenvalue weighted by Gasteiger charge is 2.09. The smallest absolute Gasteiger partial charge is 0.407 e. The minimum atomic E-state index is -0.375. The van der Waals surface area contributed by atoms with Crippen molar-refractivity contribution in [1.82, 2.24) is 9.88 Å². The van der Waals surface area contributed by atoms with Gasteiger partial charge in [-0.3, -0.25) is 0 Å². The van der Waals surface area contributed by atoms with Crippen molar-refractivity contribution in [2.45, 2.75) is 26.5 Å². The molecule has 0 atom stereocenters. The molecule has 5 heteroatoms. The van der Waals surface area contributed by atoms with E-state index in [-0.39, 0.29) is 12.7 Å². The van der Waals surface area contributed by atoms with Crippen LogP contribution in [0.3, 0.4) is 0 Å². The summed E-state index contributed by atoms with van der Waals surface area (Å²) >= 11 is 0. The summed E-state index contributed by atoms with van der Waals surface area (Å²) in [5.74, 6) is 0. The second-order valence-corrected chi connectivity index (χ2v) is 6.17. The maximum atomic E-state index is 11.4. The average molecular weight is 352 g/mol. The fourth-order valence-electron chi connectivity index (χ4n) is 3.08. The van der Waals surface area contributed by atoms with E-state index in [1.165, 1.54) is 22.0 Å². The number of nitrogens with one attached hydrogen (secondary N) is 1. The van der Waals surface area contributed by atoms with Crippen LogP contribution in [-0.4, -0.2) is 28.9 Å². The molecule has 2 aromatic carbocycles. The molecule has 0 aliphatic rings. The number of alkyl carbamates (subject to hydrolysis) is 1. The lowest BCUT2D eigenvalue weighted by Crippen LogP contribution is -2.26. The van der Waals surface area contributed by atoms with Crippen molar-refractivity contribution in [2.24, 2.45) is 0 Å². The molecule has 0 fully saturated rings. The fraction of sp³-hybridized carbons (Fsp3) is 0.286. The summed E-state index contributed by atoms with van der Waals surface area (Å²) in [5.41, 5.74) is 4.46. The van der Waals surface area contributed by atoms with Crippen molar-refractivity contribution in [3.63, 3.8) is 0 Å². The number of fused-ring (bicyclic) bond motifs is 1. The van der Waals surface area contributed by atoms with E-state index in [0.717, 1.165) is 18.5 Å². The van der Waals surface area contributed by atoms with Crippen molar-refractivity contribution in [3.05, 3.63) is 71.4 Å². The molecule has 0 saturated carbocycles. The van der Waals surface area contributed by atoms with E-state index in [1.807, 2.05) is 36.4 Å². The van der Waals surface area contributed by atoms with Crippen molar-refractivity contribution in [2.75, 3.05) is 13.2 Å². The van der Waals surface area contributed by atoms with E-state index in [2.05, 4.69) is 28.2 Å². The molecule has 3 aromatic rings. The first-order chi connectivity index (χ1) is 12.7. The number of benzene rings is 2. The zero-order valence-corrected chi connectivity index (χ0v) is 14.9. The molecule has 1 amide bonds. The zero-order valence-electron chi connectivity index (χ0n) is 14.9. The van der Waals surface area contributed by atoms with Crippen LogP contribution in [0.25, 0.3) is 10.9 Å². The van der Waals surface area contributed by atoms with Gasteiger partial charge in [0.15, 0.2) is 0 Å². The number of hydrogen-bond donors (Lipinski definition) is 2. The molecule has 1 aromatic heterocycles. The highest BCUT2D eigenvalue weighted by molar-refractivity contribution is 5.84. The number of hydrogen-bond acceptors (Lipinski definition) is 3. The number of ether oxygens (including phenoxy) is 1. The molecule has 26 heavy (non-hydrogen) atoms. The van der Waals surface area contributed by atoms with E-state index >= 15 is 0 Å². The molecule has 0 unspecified atom stereocenters. The minimum absolute atomic E-state index is 0.0599. The summed E-state index contributed by atoms with van der Waals surface area (Å²) in [7, 11) is 0. The number of carbonyl (C=O) groups is 1. The van der Waals surface area contributed by atoms with Gasteiger partial charge in [0, 0.05) is 30.2 Å². The molecular formula is C21H24N2O3. The number of aromatic nitrogens is 1. The van der Waals surface area contributed by atoms with Gasteiger partial charge in [0.1, 0.15) is 0 Å². The fourth-order valence-corrected chi connectivity index (χ4v) is 3.08. The second kappa shape index (κ2) is 8.54. The van der Waals surface area contributed by atoms with Gasteiger partial charge in [0.2, 0.25) is 0 Å². The van der Waals surface area contributed by atoms with Crippen LogP contribution in [0, 0.1) is 0 Å². The summed E-state index contributed by atoms with van der Waals surface area (Å²) in [5, 5.41) is 13.1. The molecule has 136 valence electrons. The lowest BCUT2D eigenvalue weighted by molar-refractivity contribution is 0.152. The third-order valence-corrected chi connectivity index (χ3v) is 4.37. The maximum Gasteiger partial charge on any atom is 0.407 e. The van der Waals surface area contributed by atoms with Crippen molar-refractivity contribution in [1.29, 1.82) is 0 Å². The molecule has 0 spiro atoms. The lowest BCUT2D eigenvalue weighted by Gasteiger charge is -2.06. The summed E-state index contributed by atoms with van der Waals surface area (Å²) in [6.07, 6.45) is 2.52. The number of aliphatic hydroxyl groups excluding tert-OH is 1. The average Bonchev–Trinajstić information content (AvgIpc) is 3.00. The summed E-state index contributed by atoms with van der Waals surface area (Å²) in [6, 6.07) is 16.3. The van der Waals surface area contributed by atoms with E-state index in [0.29, 0.717) is 13.2 Å². The molecule has 1 heterocycles. The summed E-state index contributed by atoms with van der Waals surface area (Å²) in [6.45, 7) is 3.53. The minimum Gasteiger partial charge on any atom is -0.450 e. The maximum absolute atomic E-state index is 11.4. The SMILES string of the molecule is CCOC(=O)NCCc1cn(Cc2ccc(CO)cc2)c2ccccc12. The number of rotatable bonds is 7. The van der Waals surface area contributed by atoms with Crippen LogP contribution < -0.4 is 5.32 Å². The third-order valence-electron chi connectivity index (χ3n) is 4.37. The molecule has 5 nitrogen and oxygen atoms in total. The van der Waals surface area contributed by atoms with E-state index < -0.39 is 0 Å². The lowest BCUT2D eigenvalue weighted by atomic mass is 10.1. The van der Waals surface area contributed by atoms with E-state index in [4.69, 9.17) is 4.74 Å². The molecule has 2 N–H and O–H groups in total. The quantitative estimate of drug-likeness (QED) is 0.684. The number of nitrogens with zero attached hydrogens (tertiary/aromatic N) is 1. The molecule has 0 saturated heterocycles. The second-order valence-electron chi connectivity index (χ2n) is 6.17. The Labute approximate surface area is 153 Å². The van der Waals surface area contributed by atoms with Crippen LogP contribution in [0.4, 0.5) is 4.79 Å². The third kappa shape index (κ3) is 4.24. The van der Waals surface area contributed by atoms with Crippen LogP contribution >= 0.6 is 0 Å². The normalized spacial score (nSPS) is 10.8. The first-order valence-electron chi connectivity index (χ1n) is 8.87. The van der Waals surface area contributed by atoms with Crippen molar-refractivity contribution >= 4 is 17.0 Å².